The summed E-state index contributed by atoms with van der Waals surface area (Å²) in [7, 11) is 0. The molecule has 0 fully saturated rings. The van der Waals surface area contributed by atoms with Crippen LogP contribution in [0, 0.1) is 0 Å². The van der Waals surface area contributed by atoms with Crippen LogP contribution in [0.4, 0.5) is 0 Å². The Morgan fingerprint density at radius 2 is 0.795 bits per heavy atom. The van der Waals surface area contributed by atoms with Gasteiger partial charge in [0.05, 0.1) is 0 Å². The Kier molecular flexibility index (Phi) is 5.61. The van der Waals surface area contributed by atoms with E-state index in [0.29, 0.717) is 0 Å². The van der Waals surface area contributed by atoms with E-state index in [1.54, 1.807) is 0 Å². The van der Waals surface area contributed by atoms with Crippen molar-refractivity contribution in [1.29, 1.82) is 0 Å². The maximum absolute atomic E-state index is 2.44. The molecule has 44 heavy (non-hydrogen) atoms. The van der Waals surface area contributed by atoms with Crippen molar-refractivity contribution in [2.24, 2.45) is 0 Å². The molecule has 0 aliphatic heterocycles. The quantitative estimate of drug-likeness (QED) is 0.190. The van der Waals surface area contributed by atoms with Crippen LogP contribution in [0.15, 0.2) is 170 Å². The molecule has 0 saturated carbocycles. The molecule has 0 amide bonds. The molecule has 0 saturated heterocycles. The van der Waals surface area contributed by atoms with Gasteiger partial charge in [-0.15, -0.1) is 0 Å². The fraction of sp³-hybridized carbons (Fsp3) is 0. The zero-order chi connectivity index (χ0) is 29.0. The Morgan fingerprint density at radius 3 is 1.66 bits per heavy atom. The van der Waals surface area contributed by atoms with Gasteiger partial charge in [0.25, 0.3) is 0 Å². The molecule has 0 nitrogen and oxygen atoms in total. The maximum Gasteiger partial charge on any atom is -0.00921 e. The number of hydrogen-bond acceptors (Lipinski definition) is 0. The fourth-order valence-corrected chi connectivity index (χ4v) is 7.09. The van der Waals surface area contributed by atoms with Gasteiger partial charge in [0.15, 0.2) is 0 Å². The lowest BCUT2D eigenvalue weighted by molar-refractivity contribution is 1.64. The molecular formula is C44H28. The molecule has 9 aromatic carbocycles. The van der Waals surface area contributed by atoms with Crippen molar-refractivity contribution in [2.45, 2.75) is 0 Å². The molecule has 204 valence electrons. The number of benzene rings is 9. The van der Waals surface area contributed by atoms with Crippen molar-refractivity contribution in [3.63, 3.8) is 0 Å². The van der Waals surface area contributed by atoms with Crippen molar-refractivity contribution in [2.75, 3.05) is 0 Å². The largest absolute Gasteiger partial charge is 0.0622 e. The van der Waals surface area contributed by atoms with Gasteiger partial charge in [0, 0.05) is 0 Å². The molecule has 0 atom stereocenters. The third kappa shape index (κ3) is 3.92. The van der Waals surface area contributed by atoms with Crippen LogP contribution in [-0.2, 0) is 0 Å². The van der Waals surface area contributed by atoms with Crippen molar-refractivity contribution in [3.8, 4) is 33.4 Å². The van der Waals surface area contributed by atoms with Gasteiger partial charge < -0.3 is 0 Å². The molecule has 9 rings (SSSR count). The minimum Gasteiger partial charge on any atom is -0.0622 e. The molecule has 0 aromatic heterocycles. The van der Waals surface area contributed by atoms with Gasteiger partial charge in [-0.3, -0.25) is 0 Å². The first-order valence-corrected chi connectivity index (χ1v) is 15.3. The molecule has 0 aliphatic carbocycles. The molecule has 0 unspecified atom stereocenters. The average molecular weight is 557 g/mol. The van der Waals surface area contributed by atoms with Crippen LogP contribution in [0.3, 0.4) is 0 Å². The van der Waals surface area contributed by atoms with Crippen LogP contribution in [0.25, 0.3) is 87.2 Å². The normalized spacial score (nSPS) is 11.6. The number of rotatable bonds is 3. The highest BCUT2D eigenvalue weighted by molar-refractivity contribution is 6.25. The van der Waals surface area contributed by atoms with Gasteiger partial charge in [-0.25, -0.2) is 0 Å². The number of hydrogen-bond donors (Lipinski definition) is 0. The average Bonchev–Trinajstić information content (AvgIpc) is 3.10. The first kappa shape index (κ1) is 24.8. The smallest absolute Gasteiger partial charge is 0.00921 e. The lowest BCUT2D eigenvalue weighted by atomic mass is 9.85. The summed E-state index contributed by atoms with van der Waals surface area (Å²) in [5, 5.41) is 12.7. The highest BCUT2D eigenvalue weighted by atomic mass is 14.2. The Hall–Kier alpha value is -5.72. The second-order valence-electron chi connectivity index (χ2n) is 11.7. The molecule has 9 aromatic rings. The molecule has 0 radical (unpaired) electrons. The van der Waals surface area contributed by atoms with E-state index in [1.807, 2.05) is 0 Å². The van der Waals surface area contributed by atoms with Crippen LogP contribution in [0.1, 0.15) is 0 Å². The predicted octanol–water partition coefficient (Wildman–Crippen LogP) is 12.5. The summed E-state index contributed by atoms with van der Waals surface area (Å²) in [5.41, 5.74) is 7.51. The van der Waals surface area contributed by atoms with E-state index in [1.165, 1.54) is 87.2 Å². The van der Waals surface area contributed by atoms with E-state index in [-0.39, 0.29) is 0 Å². The summed E-state index contributed by atoms with van der Waals surface area (Å²) in [6.45, 7) is 0. The first-order chi connectivity index (χ1) is 21.8. The van der Waals surface area contributed by atoms with Crippen molar-refractivity contribution in [3.05, 3.63) is 170 Å². The summed E-state index contributed by atoms with van der Waals surface area (Å²) < 4.78 is 0. The topological polar surface area (TPSA) is 0 Å². The standard InChI is InChI=1S/C44H28/c1-2-11-29(12-3-1)33-23-24-39-41(26-33)44-27-40(34-22-21-30-13-4-5-15-32(30)25-34)37-18-8-9-19-38(37)43(44)28-42(39)36-20-10-16-31-14-6-7-17-35(31)36/h1-28H. The Balaban J connectivity index is 1.43. The van der Waals surface area contributed by atoms with Gasteiger partial charge in [0.2, 0.25) is 0 Å². The van der Waals surface area contributed by atoms with Gasteiger partial charge in [-0.2, -0.15) is 0 Å². The number of fused-ring (bicyclic) bond motifs is 7. The molecule has 0 aliphatic rings. The van der Waals surface area contributed by atoms with Crippen LogP contribution >= 0.6 is 0 Å². The lowest BCUT2D eigenvalue weighted by Gasteiger charge is -2.18. The zero-order valence-corrected chi connectivity index (χ0v) is 24.2. The van der Waals surface area contributed by atoms with Gasteiger partial charge >= 0.3 is 0 Å². The minimum absolute atomic E-state index is 1.23. The van der Waals surface area contributed by atoms with Crippen molar-refractivity contribution in [1.82, 2.24) is 0 Å². The molecule has 0 spiro atoms. The van der Waals surface area contributed by atoms with E-state index in [2.05, 4.69) is 170 Å². The summed E-state index contributed by atoms with van der Waals surface area (Å²) in [5.74, 6) is 0. The SMILES string of the molecule is c1ccc(-c2ccc3c(-c4cccc5ccccc45)cc4c5ccccc5c(-c5ccc6ccccc6c5)cc4c3c2)cc1. The molecular weight excluding hydrogens is 528 g/mol. The highest BCUT2D eigenvalue weighted by Crippen LogP contribution is 2.44. The fourth-order valence-electron chi connectivity index (χ4n) is 7.09. The lowest BCUT2D eigenvalue weighted by Crippen LogP contribution is -1.91. The van der Waals surface area contributed by atoms with Gasteiger partial charge in [-0.05, 0) is 112 Å². The Morgan fingerprint density at radius 1 is 0.205 bits per heavy atom. The van der Waals surface area contributed by atoms with E-state index in [4.69, 9.17) is 0 Å². The van der Waals surface area contributed by atoms with Crippen LogP contribution in [-0.4, -0.2) is 0 Å². The zero-order valence-electron chi connectivity index (χ0n) is 24.2. The molecule has 0 heterocycles. The third-order valence-electron chi connectivity index (χ3n) is 9.22. The Bertz CT molecular complexity index is 2530. The molecule has 0 bridgehead atoms. The second-order valence-corrected chi connectivity index (χ2v) is 11.7. The highest BCUT2D eigenvalue weighted by Gasteiger charge is 2.16. The molecule has 0 N–H and O–H groups in total. The summed E-state index contributed by atoms with van der Waals surface area (Å²) >= 11 is 0. The van der Waals surface area contributed by atoms with E-state index < -0.39 is 0 Å². The molecule has 0 heteroatoms. The first-order valence-electron chi connectivity index (χ1n) is 15.3. The Labute approximate surface area is 256 Å². The van der Waals surface area contributed by atoms with Crippen molar-refractivity contribution >= 4 is 53.9 Å². The second kappa shape index (κ2) is 9.93. The van der Waals surface area contributed by atoms with Gasteiger partial charge in [-0.1, -0.05) is 146 Å². The van der Waals surface area contributed by atoms with Crippen LogP contribution < -0.4 is 0 Å². The summed E-state index contributed by atoms with van der Waals surface area (Å²) in [6.07, 6.45) is 0. The van der Waals surface area contributed by atoms with Crippen LogP contribution in [0.2, 0.25) is 0 Å². The predicted molar refractivity (Wildman–Crippen MR) is 190 cm³/mol. The van der Waals surface area contributed by atoms with Crippen LogP contribution in [0.5, 0.6) is 0 Å². The third-order valence-corrected chi connectivity index (χ3v) is 9.22. The maximum atomic E-state index is 2.44. The summed E-state index contributed by atoms with van der Waals surface area (Å²) in [6, 6.07) is 62.4. The minimum atomic E-state index is 1.23. The van der Waals surface area contributed by atoms with E-state index >= 15 is 0 Å². The van der Waals surface area contributed by atoms with Gasteiger partial charge in [0.1, 0.15) is 0 Å². The van der Waals surface area contributed by atoms with E-state index in [9.17, 15) is 0 Å². The monoisotopic (exact) mass is 556 g/mol. The summed E-state index contributed by atoms with van der Waals surface area (Å²) in [4.78, 5) is 0. The van der Waals surface area contributed by atoms with E-state index in [0.717, 1.165) is 0 Å². The van der Waals surface area contributed by atoms with Crippen molar-refractivity contribution < 1.29 is 0 Å².